The van der Waals surface area contributed by atoms with Crippen LogP contribution in [-0.2, 0) is 0 Å². The Labute approximate surface area is 89.5 Å². The van der Waals surface area contributed by atoms with Crippen molar-refractivity contribution in [1.82, 2.24) is 0 Å². The molecule has 1 nitrogen and oxygen atoms in total. The maximum absolute atomic E-state index is 12.4. The largest absolute Gasteiger partial charge is 0.382 e. The van der Waals surface area contributed by atoms with Crippen molar-refractivity contribution in [3.63, 3.8) is 0 Å². The third-order valence-corrected chi connectivity index (χ3v) is 2.53. The Kier molecular flexibility index (Phi) is 4.06. The summed E-state index contributed by atoms with van der Waals surface area (Å²) in [6, 6.07) is 6.68. The standard InChI is InChI=1S/C12H17F2N/c1-8(2)9(3)15-11-6-4-5-10(7-11)12(13)14/h4-9,12,15H,1-3H3. The monoisotopic (exact) mass is 213 g/mol. The number of anilines is 1. The second-order valence-corrected chi connectivity index (χ2v) is 4.10. The molecule has 0 aliphatic carbocycles. The Hall–Kier alpha value is -1.12. The van der Waals surface area contributed by atoms with Gasteiger partial charge in [0.1, 0.15) is 0 Å². The summed E-state index contributed by atoms with van der Waals surface area (Å²) in [4.78, 5) is 0. The van der Waals surface area contributed by atoms with Crippen molar-refractivity contribution in [2.24, 2.45) is 5.92 Å². The smallest absolute Gasteiger partial charge is 0.263 e. The molecule has 0 fully saturated rings. The van der Waals surface area contributed by atoms with Crippen LogP contribution in [0.1, 0.15) is 32.8 Å². The van der Waals surface area contributed by atoms with E-state index >= 15 is 0 Å². The van der Waals surface area contributed by atoms with E-state index < -0.39 is 6.43 Å². The Bertz CT molecular complexity index is 310. The summed E-state index contributed by atoms with van der Waals surface area (Å²) in [5.74, 6) is 0.472. The van der Waals surface area contributed by atoms with Gasteiger partial charge in [-0.1, -0.05) is 26.0 Å². The van der Waals surface area contributed by atoms with Crippen molar-refractivity contribution in [3.8, 4) is 0 Å². The van der Waals surface area contributed by atoms with Crippen LogP contribution in [0.15, 0.2) is 24.3 Å². The summed E-state index contributed by atoms with van der Waals surface area (Å²) in [6.45, 7) is 6.23. The van der Waals surface area contributed by atoms with Gasteiger partial charge >= 0.3 is 0 Å². The SMILES string of the molecule is CC(C)C(C)Nc1cccc(C(F)F)c1. The van der Waals surface area contributed by atoms with Gasteiger partial charge in [0.25, 0.3) is 6.43 Å². The van der Waals surface area contributed by atoms with Gasteiger partial charge in [-0.3, -0.25) is 0 Å². The van der Waals surface area contributed by atoms with E-state index in [2.05, 4.69) is 19.2 Å². The van der Waals surface area contributed by atoms with Gasteiger partial charge < -0.3 is 5.32 Å². The molecular weight excluding hydrogens is 196 g/mol. The van der Waals surface area contributed by atoms with Crippen molar-refractivity contribution in [3.05, 3.63) is 29.8 Å². The second kappa shape index (κ2) is 5.10. The van der Waals surface area contributed by atoms with Crippen molar-refractivity contribution in [1.29, 1.82) is 0 Å². The molecule has 15 heavy (non-hydrogen) atoms. The average molecular weight is 213 g/mol. The molecule has 0 aliphatic heterocycles. The summed E-state index contributed by atoms with van der Waals surface area (Å²) in [6.07, 6.45) is -2.40. The number of rotatable bonds is 4. The lowest BCUT2D eigenvalue weighted by Gasteiger charge is -2.19. The number of hydrogen-bond donors (Lipinski definition) is 1. The van der Waals surface area contributed by atoms with E-state index in [9.17, 15) is 8.78 Å². The Morgan fingerprint density at radius 1 is 1.13 bits per heavy atom. The van der Waals surface area contributed by atoms with Crippen LogP contribution in [0.5, 0.6) is 0 Å². The van der Waals surface area contributed by atoms with Crippen LogP contribution in [0.25, 0.3) is 0 Å². The van der Waals surface area contributed by atoms with Crippen LogP contribution >= 0.6 is 0 Å². The van der Waals surface area contributed by atoms with Gasteiger partial charge in [-0.25, -0.2) is 8.78 Å². The number of halogens is 2. The highest BCUT2D eigenvalue weighted by Gasteiger charge is 2.09. The predicted molar refractivity (Wildman–Crippen MR) is 59.3 cm³/mol. The summed E-state index contributed by atoms with van der Waals surface area (Å²) in [5, 5.41) is 3.20. The molecule has 84 valence electrons. The summed E-state index contributed by atoms with van der Waals surface area (Å²) in [7, 11) is 0. The van der Waals surface area contributed by atoms with Gasteiger partial charge in [0.05, 0.1) is 0 Å². The lowest BCUT2D eigenvalue weighted by atomic mass is 10.1. The number of alkyl halides is 2. The molecule has 1 rings (SSSR count). The average Bonchev–Trinajstić information content (AvgIpc) is 2.18. The van der Waals surface area contributed by atoms with E-state index in [1.54, 1.807) is 6.07 Å². The Morgan fingerprint density at radius 3 is 2.33 bits per heavy atom. The zero-order chi connectivity index (χ0) is 11.4. The minimum absolute atomic E-state index is 0.0657. The van der Waals surface area contributed by atoms with Crippen LogP contribution in [0, 0.1) is 5.92 Å². The first kappa shape index (κ1) is 12.0. The maximum atomic E-state index is 12.4. The van der Waals surface area contributed by atoms with E-state index in [0.717, 1.165) is 5.69 Å². The number of nitrogens with one attached hydrogen (secondary N) is 1. The molecule has 1 unspecified atom stereocenters. The minimum atomic E-state index is -2.40. The summed E-state index contributed by atoms with van der Waals surface area (Å²) >= 11 is 0. The fourth-order valence-electron chi connectivity index (χ4n) is 1.19. The van der Waals surface area contributed by atoms with Gasteiger partial charge in [0, 0.05) is 17.3 Å². The normalized spacial score (nSPS) is 13.3. The Morgan fingerprint density at radius 2 is 1.80 bits per heavy atom. The first-order chi connectivity index (χ1) is 7.00. The number of benzene rings is 1. The molecule has 0 amide bonds. The summed E-state index contributed by atoms with van der Waals surface area (Å²) < 4.78 is 24.8. The molecule has 0 saturated heterocycles. The molecule has 3 heteroatoms. The first-order valence-corrected chi connectivity index (χ1v) is 5.15. The predicted octanol–water partition coefficient (Wildman–Crippen LogP) is 4.08. The highest BCUT2D eigenvalue weighted by atomic mass is 19.3. The fraction of sp³-hybridized carbons (Fsp3) is 0.500. The number of hydrogen-bond acceptors (Lipinski definition) is 1. The summed E-state index contributed by atoms with van der Waals surface area (Å²) in [5.41, 5.74) is 0.824. The maximum Gasteiger partial charge on any atom is 0.263 e. The van der Waals surface area contributed by atoms with E-state index in [4.69, 9.17) is 0 Å². The van der Waals surface area contributed by atoms with Crippen LogP contribution in [0.2, 0.25) is 0 Å². The van der Waals surface area contributed by atoms with E-state index in [1.807, 2.05) is 13.0 Å². The first-order valence-electron chi connectivity index (χ1n) is 5.15. The van der Waals surface area contributed by atoms with Gasteiger partial charge in [-0.2, -0.15) is 0 Å². The van der Waals surface area contributed by atoms with Gasteiger partial charge in [0.15, 0.2) is 0 Å². The van der Waals surface area contributed by atoms with E-state index in [0.29, 0.717) is 5.92 Å². The van der Waals surface area contributed by atoms with Crippen molar-refractivity contribution in [2.75, 3.05) is 5.32 Å². The molecule has 1 atom stereocenters. The van der Waals surface area contributed by atoms with Crippen LogP contribution in [0.4, 0.5) is 14.5 Å². The van der Waals surface area contributed by atoms with Crippen LogP contribution < -0.4 is 5.32 Å². The molecule has 0 spiro atoms. The lowest BCUT2D eigenvalue weighted by molar-refractivity contribution is 0.151. The molecule has 1 aromatic carbocycles. The third kappa shape index (κ3) is 3.50. The van der Waals surface area contributed by atoms with Gasteiger partial charge in [-0.15, -0.1) is 0 Å². The third-order valence-electron chi connectivity index (χ3n) is 2.53. The molecule has 0 aromatic heterocycles. The van der Waals surface area contributed by atoms with E-state index in [1.165, 1.54) is 12.1 Å². The quantitative estimate of drug-likeness (QED) is 0.794. The van der Waals surface area contributed by atoms with Crippen molar-refractivity contribution in [2.45, 2.75) is 33.2 Å². The molecule has 0 bridgehead atoms. The molecule has 1 N–H and O–H groups in total. The van der Waals surface area contributed by atoms with Gasteiger partial charge in [0.2, 0.25) is 0 Å². The van der Waals surface area contributed by atoms with Crippen molar-refractivity contribution >= 4 is 5.69 Å². The van der Waals surface area contributed by atoms with E-state index in [-0.39, 0.29) is 11.6 Å². The second-order valence-electron chi connectivity index (χ2n) is 4.10. The molecular formula is C12H17F2N. The molecule has 0 heterocycles. The van der Waals surface area contributed by atoms with Crippen molar-refractivity contribution < 1.29 is 8.78 Å². The van der Waals surface area contributed by atoms with Gasteiger partial charge in [-0.05, 0) is 25.0 Å². The zero-order valence-electron chi connectivity index (χ0n) is 9.30. The highest BCUT2D eigenvalue weighted by Crippen LogP contribution is 2.22. The lowest BCUT2D eigenvalue weighted by Crippen LogP contribution is -2.21. The fourth-order valence-corrected chi connectivity index (χ4v) is 1.19. The molecule has 0 saturated carbocycles. The Balaban J connectivity index is 2.73. The van der Waals surface area contributed by atoms with Crippen LogP contribution in [0.3, 0.4) is 0 Å². The van der Waals surface area contributed by atoms with Crippen LogP contribution in [-0.4, -0.2) is 6.04 Å². The zero-order valence-corrected chi connectivity index (χ0v) is 9.30. The molecule has 0 aliphatic rings. The highest BCUT2D eigenvalue weighted by molar-refractivity contribution is 5.46. The topological polar surface area (TPSA) is 12.0 Å². The molecule has 1 aromatic rings. The molecule has 0 radical (unpaired) electrons. The minimum Gasteiger partial charge on any atom is -0.382 e.